The van der Waals surface area contributed by atoms with E-state index >= 15 is 0 Å². The molecule has 12 heavy (non-hydrogen) atoms. The summed E-state index contributed by atoms with van der Waals surface area (Å²) in [7, 11) is 3.39. The fourth-order valence-corrected chi connectivity index (χ4v) is 1.67. The van der Waals surface area contributed by atoms with Crippen LogP contribution in [0.4, 0.5) is 0 Å². The summed E-state index contributed by atoms with van der Waals surface area (Å²) in [5, 5.41) is 2.84. The highest BCUT2D eigenvalue weighted by atomic mass is 32.2. The quantitative estimate of drug-likeness (QED) is 0.531. The van der Waals surface area contributed by atoms with Gasteiger partial charge in [0, 0.05) is 18.6 Å². The van der Waals surface area contributed by atoms with E-state index < -0.39 is 0 Å². The van der Waals surface area contributed by atoms with Gasteiger partial charge in [0.15, 0.2) is 0 Å². The molecule has 0 aromatic rings. The molecule has 1 atom stereocenters. The van der Waals surface area contributed by atoms with Gasteiger partial charge < -0.3 is 15.8 Å². The Bertz CT molecular complexity index is 133. The summed E-state index contributed by atoms with van der Waals surface area (Å²) in [6.07, 6.45) is 0. The lowest BCUT2D eigenvalue weighted by Crippen LogP contribution is -2.41. The van der Waals surface area contributed by atoms with Crippen molar-refractivity contribution in [2.45, 2.75) is 6.04 Å². The smallest absolute Gasteiger partial charge is 0.235 e. The Balaban J connectivity index is 3.38. The largest absolute Gasteiger partial charge is 0.384 e. The highest BCUT2D eigenvalue weighted by molar-refractivity contribution is 7.99. The Morgan fingerprint density at radius 3 is 2.83 bits per heavy atom. The molecule has 72 valence electrons. The first-order valence-corrected chi connectivity index (χ1v) is 4.91. The number of nitrogens with one attached hydrogen (secondary N) is 1. The average molecular weight is 192 g/mol. The lowest BCUT2D eigenvalue weighted by Gasteiger charge is -2.10. The summed E-state index contributed by atoms with van der Waals surface area (Å²) >= 11 is 1.65. The lowest BCUT2D eigenvalue weighted by molar-refractivity contribution is -0.119. The molecule has 0 radical (unpaired) electrons. The Morgan fingerprint density at radius 1 is 1.75 bits per heavy atom. The Labute approximate surface area is 77.2 Å². The van der Waals surface area contributed by atoms with Gasteiger partial charge in [-0.3, -0.25) is 4.79 Å². The van der Waals surface area contributed by atoms with E-state index in [0.29, 0.717) is 12.4 Å². The third-order valence-corrected chi connectivity index (χ3v) is 2.43. The topological polar surface area (TPSA) is 64.3 Å². The third-order valence-electron chi connectivity index (χ3n) is 1.41. The molecule has 4 nitrogen and oxygen atoms in total. The number of thioether (sulfide) groups is 1. The number of nitrogens with two attached hydrogens (primary N) is 1. The van der Waals surface area contributed by atoms with Crippen LogP contribution >= 0.6 is 11.8 Å². The highest BCUT2D eigenvalue weighted by Crippen LogP contribution is 2.01. The summed E-state index contributed by atoms with van der Waals surface area (Å²) in [4.78, 5) is 10.7. The molecule has 0 aliphatic rings. The molecule has 3 N–H and O–H groups in total. The van der Waals surface area contributed by atoms with E-state index in [0.717, 1.165) is 5.75 Å². The predicted octanol–water partition coefficient (Wildman–Crippen LogP) is -0.561. The molecule has 5 heteroatoms. The summed E-state index contributed by atoms with van der Waals surface area (Å²) < 4.78 is 4.86. The minimum Gasteiger partial charge on any atom is -0.384 e. The molecule has 0 bridgehead atoms. The molecule has 0 aromatic carbocycles. The summed E-state index contributed by atoms with van der Waals surface area (Å²) in [6, 6.07) is -0.230. The van der Waals surface area contributed by atoms with Crippen molar-refractivity contribution >= 4 is 17.7 Å². The second kappa shape index (κ2) is 7.39. The highest BCUT2D eigenvalue weighted by Gasteiger charge is 2.11. The number of rotatable bonds is 7. The van der Waals surface area contributed by atoms with Gasteiger partial charge in [0.1, 0.15) is 0 Å². The van der Waals surface area contributed by atoms with Gasteiger partial charge in [-0.15, -0.1) is 0 Å². The van der Waals surface area contributed by atoms with E-state index in [4.69, 9.17) is 10.5 Å². The van der Waals surface area contributed by atoms with Crippen LogP contribution in [-0.2, 0) is 9.53 Å². The molecular formula is C7H16N2O2S. The van der Waals surface area contributed by atoms with Crippen LogP contribution in [0.15, 0.2) is 0 Å². The van der Waals surface area contributed by atoms with Crippen molar-refractivity contribution in [2.75, 3.05) is 32.3 Å². The number of ether oxygens (including phenoxy) is 1. The van der Waals surface area contributed by atoms with Crippen molar-refractivity contribution in [3.8, 4) is 0 Å². The van der Waals surface area contributed by atoms with E-state index in [1.165, 1.54) is 0 Å². The van der Waals surface area contributed by atoms with Crippen molar-refractivity contribution < 1.29 is 9.53 Å². The van der Waals surface area contributed by atoms with Gasteiger partial charge in [-0.05, 0) is 7.05 Å². The van der Waals surface area contributed by atoms with E-state index in [1.54, 1.807) is 25.9 Å². The number of hydrogen-bond donors (Lipinski definition) is 2. The second-order valence-electron chi connectivity index (χ2n) is 2.31. The standard InChI is InChI=1S/C7H16N2O2S/c1-9-6(7(8)10)5-12-4-3-11-2/h6,9H,3-5H2,1-2H3,(H2,8,10). The molecular weight excluding hydrogens is 176 g/mol. The number of amides is 1. The molecule has 0 rings (SSSR count). The third kappa shape index (κ3) is 5.40. The molecule has 0 spiro atoms. The van der Waals surface area contributed by atoms with Crippen LogP contribution in [0.2, 0.25) is 0 Å². The van der Waals surface area contributed by atoms with E-state index in [2.05, 4.69) is 5.32 Å². The molecule has 0 aromatic heterocycles. The van der Waals surface area contributed by atoms with Crippen LogP contribution in [0, 0.1) is 0 Å². The van der Waals surface area contributed by atoms with Gasteiger partial charge in [-0.2, -0.15) is 11.8 Å². The number of carbonyl (C=O) groups excluding carboxylic acids is 1. The van der Waals surface area contributed by atoms with Crippen molar-refractivity contribution in [3.05, 3.63) is 0 Å². The number of primary amides is 1. The zero-order valence-electron chi connectivity index (χ0n) is 7.50. The second-order valence-corrected chi connectivity index (χ2v) is 3.46. The fraction of sp³-hybridized carbons (Fsp3) is 0.857. The van der Waals surface area contributed by atoms with Gasteiger partial charge in [0.25, 0.3) is 0 Å². The van der Waals surface area contributed by atoms with Gasteiger partial charge in [-0.25, -0.2) is 0 Å². The van der Waals surface area contributed by atoms with Crippen molar-refractivity contribution in [1.82, 2.24) is 5.32 Å². The summed E-state index contributed by atoms with van der Waals surface area (Å²) in [5.41, 5.74) is 5.12. The lowest BCUT2D eigenvalue weighted by atomic mass is 10.3. The van der Waals surface area contributed by atoms with Crippen LogP contribution in [0.3, 0.4) is 0 Å². The Morgan fingerprint density at radius 2 is 2.42 bits per heavy atom. The number of methoxy groups -OCH3 is 1. The van der Waals surface area contributed by atoms with Crippen LogP contribution < -0.4 is 11.1 Å². The molecule has 0 heterocycles. The maximum absolute atomic E-state index is 10.7. The van der Waals surface area contributed by atoms with Gasteiger partial charge in [0.2, 0.25) is 5.91 Å². The number of likely N-dealkylation sites (N-methyl/N-ethyl adjacent to an activating group) is 1. The molecule has 0 saturated heterocycles. The Hall–Kier alpha value is -0.260. The van der Waals surface area contributed by atoms with Gasteiger partial charge in [0.05, 0.1) is 12.6 Å². The number of hydrogen-bond acceptors (Lipinski definition) is 4. The molecule has 0 fully saturated rings. The molecule has 0 saturated carbocycles. The number of carbonyl (C=O) groups is 1. The van der Waals surface area contributed by atoms with E-state index in [9.17, 15) is 4.79 Å². The van der Waals surface area contributed by atoms with Gasteiger partial charge >= 0.3 is 0 Å². The monoisotopic (exact) mass is 192 g/mol. The minimum atomic E-state index is -0.303. The van der Waals surface area contributed by atoms with Gasteiger partial charge in [-0.1, -0.05) is 0 Å². The fourth-order valence-electron chi connectivity index (χ4n) is 0.651. The normalized spacial score (nSPS) is 12.8. The van der Waals surface area contributed by atoms with Crippen molar-refractivity contribution in [3.63, 3.8) is 0 Å². The SMILES string of the molecule is CNC(CSCCOC)C(N)=O. The van der Waals surface area contributed by atoms with Crippen molar-refractivity contribution in [2.24, 2.45) is 5.73 Å². The van der Waals surface area contributed by atoms with E-state index in [1.807, 2.05) is 0 Å². The zero-order valence-corrected chi connectivity index (χ0v) is 8.32. The summed E-state index contributed by atoms with van der Waals surface area (Å²) in [5.74, 6) is 1.29. The molecule has 0 aliphatic carbocycles. The Kier molecular flexibility index (Phi) is 7.23. The first kappa shape index (κ1) is 11.7. The van der Waals surface area contributed by atoms with Crippen molar-refractivity contribution in [1.29, 1.82) is 0 Å². The molecule has 0 aliphatic heterocycles. The first-order chi connectivity index (χ1) is 5.72. The van der Waals surface area contributed by atoms with Crippen LogP contribution in [-0.4, -0.2) is 44.2 Å². The van der Waals surface area contributed by atoms with Crippen LogP contribution in [0.25, 0.3) is 0 Å². The zero-order chi connectivity index (χ0) is 9.40. The maximum Gasteiger partial charge on any atom is 0.235 e. The van der Waals surface area contributed by atoms with E-state index in [-0.39, 0.29) is 11.9 Å². The average Bonchev–Trinajstić information content (AvgIpc) is 2.04. The molecule has 1 amide bonds. The minimum absolute atomic E-state index is 0.230. The first-order valence-electron chi connectivity index (χ1n) is 3.75. The van der Waals surface area contributed by atoms with Crippen LogP contribution in [0.1, 0.15) is 0 Å². The predicted molar refractivity (Wildman–Crippen MR) is 51.2 cm³/mol. The molecule has 1 unspecified atom stereocenters. The van der Waals surface area contributed by atoms with Crippen LogP contribution in [0.5, 0.6) is 0 Å². The summed E-state index contributed by atoms with van der Waals surface area (Å²) in [6.45, 7) is 0.708. The maximum atomic E-state index is 10.7.